The molecule has 0 spiro atoms. The topological polar surface area (TPSA) is 58.6 Å². The third-order valence-corrected chi connectivity index (χ3v) is 5.29. The second kappa shape index (κ2) is 11.4. The molecule has 1 N–H and O–H groups in total. The molecule has 174 valence electrons. The van der Waals surface area contributed by atoms with Crippen molar-refractivity contribution in [3.8, 4) is 5.75 Å². The van der Waals surface area contributed by atoms with Crippen LogP contribution in [-0.2, 0) is 16.1 Å². The number of nitrogens with zero attached hydrogens (tertiary/aromatic N) is 1. The molecular formula is C26H35ClN2O3. The standard InChI is InChI=1S/C26H35ClN2O3/c1-7-22(25(31)28-26(4,5)6)29(16-19-12-14-20(27)15-13-19)24(30)17-32-23-11-9-8-10-21(23)18(2)3/h8-15,18,22H,7,16-17H2,1-6H3,(H,28,31). The summed E-state index contributed by atoms with van der Waals surface area (Å²) < 4.78 is 5.93. The number of amides is 2. The van der Waals surface area contributed by atoms with E-state index in [1.54, 1.807) is 17.0 Å². The van der Waals surface area contributed by atoms with Gasteiger partial charge in [-0.15, -0.1) is 0 Å². The second-order valence-corrected chi connectivity index (χ2v) is 9.73. The molecule has 5 nitrogen and oxygen atoms in total. The van der Waals surface area contributed by atoms with E-state index in [1.807, 2.05) is 64.1 Å². The number of hydrogen-bond acceptors (Lipinski definition) is 3. The van der Waals surface area contributed by atoms with Crippen LogP contribution in [0.1, 0.15) is 65.0 Å². The lowest BCUT2D eigenvalue weighted by molar-refractivity contribution is -0.143. The SMILES string of the molecule is CCC(C(=O)NC(C)(C)C)N(Cc1ccc(Cl)cc1)C(=O)COc1ccccc1C(C)C. The number of carbonyl (C=O) groups excluding carboxylic acids is 2. The molecule has 0 aliphatic heterocycles. The van der Waals surface area contributed by atoms with Crippen LogP contribution < -0.4 is 10.1 Å². The van der Waals surface area contributed by atoms with E-state index in [4.69, 9.17) is 16.3 Å². The first-order chi connectivity index (χ1) is 15.0. The predicted molar refractivity (Wildman–Crippen MR) is 130 cm³/mol. The number of rotatable bonds is 9. The molecule has 6 heteroatoms. The number of nitrogens with one attached hydrogen (secondary N) is 1. The Balaban J connectivity index is 2.27. The van der Waals surface area contributed by atoms with Crippen molar-refractivity contribution in [1.29, 1.82) is 0 Å². The van der Waals surface area contributed by atoms with Crippen molar-refractivity contribution >= 4 is 23.4 Å². The largest absolute Gasteiger partial charge is 0.483 e. The predicted octanol–water partition coefficient (Wildman–Crippen LogP) is 5.56. The molecule has 2 rings (SSSR count). The molecule has 0 bridgehead atoms. The lowest BCUT2D eigenvalue weighted by Gasteiger charge is -2.33. The Morgan fingerprint density at radius 2 is 1.69 bits per heavy atom. The summed E-state index contributed by atoms with van der Waals surface area (Å²) in [6.45, 7) is 12.0. The summed E-state index contributed by atoms with van der Waals surface area (Å²) in [5.41, 5.74) is 1.54. The van der Waals surface area contributed by atoms with E-state index in [9.17, 15) is 9.59 Å². The minimum Gasteiger partial charge on any atom is -0.483 e. The van der Waals surface area contributed by atoms with E-state index in [0.717, 1.165) is 11.1 Å². The fourth-order valence-electron chi connectivity index (χ4n) is 3.47. The van der Waals surface area contributed by atoms with Crippen molar-refractivity contribution in [2.24, 2.45) is 0 Å². The molecule has 2 amide bonds. The Hall–Kier alpha value is -2.53. The van der Waals surface area contributed by atoms with E-state index in [1.165, 1.54) is 0 Å². The van der Waals surface area contributed by atoms with Crippen molar-refractivity contribution in [3.05, 3.63) is 64.7 Å². The summed E-state index contributed by atoms with van der Waals surface area (Å²) >= 11 is 6.02. The van der Waals surface area contributed by atoms with Crippen molar-refractivity contribution in [3.63, 3.8) is 0 Å². The highest BCUT2D eigenvalue weighted by molar-refractivity contribution is 6.30. The third-order valence-electron chi connectivity index (χ3n) is 5.04. The number of halogens is 1. The first kappa shape index (κ1) is 25.7. The molecule has 0 fully saturated rings. The highest BCUT2D eigenvalue weighted by atomic mass is 35.5. The quantitative estimate of drug-likeness (QED) is 0.534. The summed E-state index contributed by atoms with van der Waals surface area (Å²) in [4.78, 5) is 28.0. The van der Waals surface area contributed by atoms with Crippen LogP contribution >= 0.6 is 11.6 Å². The maximum atomic E-state index is 13.3. The fraction of sp³-hybridized carbons (Fsp3) is 0.462. The van der Waals surface area contributed by atoms with Crippen molar-refractivity contribution < 1.29 is 14.3 Å². The minimum absolute atomic E-state index is 0.142. The van der Waals surface area contributed by atoms with E-state index in [2.05, 4.69) is 19.2 Å². The van der Waals surface area contributed by atoms with Gasteiger partial charge in [-0.2, -0.15) is 0 Å². The fourth-order valence-corrected chi connectivity index (χ4v) is 3.60. The van der Waals surface area contributed by atoms with Crippen LogP contribution in [0, 0.1) is 0 Å². The molecule has 1 unspecified atom stereocenters. The molecule has 2 aromatic carbocycles. The number of benzene rings is 2. The minimum atomic E-state index is -0.610. The first-order valence-corrected chi connectivity index (χ1v) is 11.5. The molecule has 1 atom stereocenters. The highest BCUT2D eigenvalue weighted by Crippen LogP contribution is 2.26. The van der Waals surface area contributed by atoms with Gasteiger partial charge in [-0.1, -0.05) is 62.7 Å². The summed E-state index contributed by atoms with van der Waals surface area (Å²) in [5.74, 6) is 0.543. The van der Waals surface area contributed by atoms with E-state index < -0.39 is 11.6 Å². The molecule has 0 saturated carbocycles. The van der Waals surface area contributed by atoms with Crippen LogP contribution in [-0.4, -0.2) is 34.9 Å². The van der Waals surface area contributed by atoms with Gasteiger partial charge in [0.25, 0.3) is 5.91 Å². The monoisotopic (exact) mass is 458 g/mol. The van der Waals surface area contributed by atoms with Crippen LogP contribution in [0.4, 0.5) is 0 Å². The van der Waals surface area contributed by atoms with E-state index in [0.29, 0.717) is 23.7 Å². The number of hydrogen-bond donors (Lipinski definition) is 1. The lowest BCUT2D eigenvalue weighted by atomic mass is 10.0. The number of ether oxygens (including phenoxy) is 1. The van der Waals surface area contributed by atoms with E-state index >= 15 is 0 Å². The molecule has 2 aromatic rings. The van der Waals surface area contributed by atoms with Gasteiger partial charge in [-0.25, -0.2) is 0 Å². The third kappa shape index (κ3) is 7.56. The van der Waals surface area contributed by atoms with E-state index in [-0.39, 0.29) is 24.3 Å². The van der Waals surface area contributed by atoms with Crippen LogP contribution in [0.5, 0.6) is 5.75 Å². The van der Waals surface area contributed by atoms with Crippen LogP contribution in [0.25, 0.3) is 0 Å². The Bertz CT molecular complexity index is 904. The summed E-state index contributed by atoms with van der Waals surface area (Å²) in [5, 5.41) is 3.63. The van der Waals surface area contributed by atoms with Gasteiger partial charge < -0.3 is 15.0 Å². The van der Waals surface area contributed by atoms with Crippen molar-refractivity contribution in [1.82, 2.24) is 10.2 Å². The average Bonchev–Trinajstić information content (AvgIpc) is 2.72. The highest BCUT2D eigenvalue weighted by Gasteiger charge is 2.31. The molecule has 32 heavy (non-hydrogen) atoms. The van der Waals surface area contributed by atoms with Gasteiger partial charge >= 0.3 is 0 Å². The molecular weight excluding hydrogens is 424 g/mol. The zero-order valence-corrected chi connectivity index (χ0v) is 20.7. The van der Waals surface area contributed by atoms with Gasteiger partial charge in [0, 0.05) is 17.1 Å². The Labute approximate surface area is 197 Å². The molecule has 0 aliphatic carbocycles. The zero-order chi connectivity index (χ0) is 23.9. The smallest absolute Gasteiger partial charge is 0.261 e. The normalized spacial score (nSPS) is 12.4. The Morgan fingerprint density at radius 3 is 2.25 bits per heavy atom. The zero-order valence-electron chi connectivity index (χ0n) is 19.9. The van der Waals surface area contributed by atoms with Crippen LogP contribution in [0.2, 0.25) is 5.02 Å². The second-order valence-electron chi connectivity index (χ2n) is 9.29. The van der Waals surface area contributed by atoms with Crippen molar-refractivity contribution in [2.75, 3.05) is 6.61 Å². The van der Waals surface area contributed by atoms with Gasteiger partial charge in [0.15, 0.2) is 6.61 Å². The Morgan fingerprint density at radius 1 is 1.06 bits per heavy atom. The van der Waals surface area contributed by atoms with Crippen LogP contribution in [0.15, 0.2) is 48.5 Å². The number of carbonyl (C=O) groups is 2. The lowest BCUT2D eigenvalue weighted by Crippen LogP contribution is -2.54. The molecule has 0 saturated heterocycles. The molecule has 0 aliphatic rings. The van der Waals surface area contributed by atoms with Gasteiger partial charge in [0.2, 0.25) is 5.91 Å². The van der Waals surface area contributed by atoms with Gasteiger partial charge in [0.1, 0.15) is 11.8 Å². The summed E-state index contributed by atoms with van der Waals surface area (Å²) in [6, 6.07) is 14.4. The first-order valence-electron chi connectivity index (χ1n) is 11.1. The number of para-hydroxylation sites is 1. The van der Waals surface area contributed by atoms with Gasteiger partial charge in [0.05, 0.1) is 0 Å². The Kier molecular flexibility index (Phi) is 9.14. The summed E-state index contributed by atoms with van der Waals surface area (Å²) in [6.07, 6.45) is 0.490. The van der Waals surface area contributed by atoms with Gasteiger partial charge in [-0.05, 0) is 62.4 Å². The molecule has 0 radical (unpaired) electrons. The van der Waals surface area contributed by atoms with Crippen molar-refractivity contribution in [2.45, 2.75) is 72.0 Å². The van der Waals surface area contributed by atoms with Gasteiger partial charge in [-0.3, -0.25) is 9.59 Å². The van der Waals surface area contributed by atoms with Crippen LogP contribution in [0.3, 0.4) is 0 Å². The maximum Gasteiger partial charge on any atom is 0.261 e. The summed E-state index contributed by atoms with van der Waals surface area (Å²) in [7, 11) is 0. The molecule has 0 aromatic heterocycles. The molecule has 0 heterocycles. The average molecular weight is 459 g/mol. The maximum absolute atomic E-state index is 13.3.